The first-order valence-corrected chi connectivity index (χ1v) is 7.36. The van der Waals surface area contributed by atoms with Gasteiger partial charge in [-0.3, -0.25) is 0 Å². The molecule has 0 saturated heterocycles. The molecule has 0 spiro atoms. The molecule has 0 bridgehead atoms. The first-order valence-electron chi connectivity index (χ1n) is 5.75. The van der Waals surface area contributed by atoms with Crippen LogP contribution in [-0.2, 0) is 0 Å². The normalized spacial score (nSPS) is 10.7. The molecule has 0 amide bonds. The molecule has 0 radical (unpaired) electrons. The van der Waals surface area contributed by atoms with Crippen LogP contribution in [0.1, 0.15) is 0 Å². The second-order valence-corrected chi connectivity index (χ2v) is 5.98. The van der Waals surface area contributed by atoms with Crippen molar-refractivity contribution in [3.05, 3.63) is 71.2 Å². The van der Waals surface area contributed by atoms with Gasteiger partial charge in [-0.25, -0.2) is 0 Å². The largest absolute Gasteiger partial charge is 0.0894 e. The van der Waals surface area contributed by atoms with Gasteiger partial charge in [-0.05, 0) is 29.7 Å². The zero-order valence-corrected chi connectivity index (χ0v) is 12.0. The molecule has 0 aliphatic heterocycles. The van der Waals surface area contributed by atoms with Gasteiger partial charge in [0.1, 0.15) is 0 Å². The Labute approximate surface area is 119 Å². The number of benzene rings is 3. The van der Waals surface area contributed by atoms with E-state index >= 15 is 0 Å². The summed E-state index contributed by atoms with van der Waals surface area (Å²) >= 11 is 5.45. The maximum atomic E-state index is 3.65. The average molecular weight is 315 g/mol. The fourth-order valence-electron chi connectivity index (χ4n) is 1.96. The van der Waals surface area contributed by atoms with Crippen LogP contribution in [0, 0.1) is 0 Å². The molecule has 0 atom stereocenters. The Kier molecular flexibility index (Phi) is 3.39. The summed E-state index contributed by atoms with van der Waals surface area (Å²) in [7, 11) is 0. The molecule has 0 heterocycles. The second-order valence-electron chi connectivity index (χ2n) is 4.01. The second kappa shape index (κ2) is 5.17. The highest BCUT2D eigenvalue weighted by molar-refractivity contribution is 9.10. The van der Waals surface area contributed by atoms with E-state index in [-0.39, 0.29) is 0 Å². The summed E-state index contributed by atoms with van der Waals surface area (Å²) in [5.74, 6) is 0. The lowest BCUT2D eigenvalue weighted by Crippen LogP contribution is -1.79. The van der Waals surface area contributed by atoms with Gasteiger partial charge in [0.2, 0.25) is 0 Å². The van der Waals surface area contributed by atoms with Crippen LogP contribution in [0.15, 0.2) is 81.0 Å². The minimum absolute atomic E-state index is 1.15. The highest BCUT2D eigenvalue weighted by Gasteiger charge is 2.05. The Hall–Kier alpha value is -1.25. The van der Waals surface area contributed by atoms with Crippen molar-refractivity contribution < 1.29 is 0 Å². The van der Waals surface area contributed by atoms with E-state index < -0.39 is 0 Å². The Morgan fingerprint density at radius 2 is 1.44 bits per heavy atom. The van der Waals surface area contributed by atoms with Crippen molar-refractivity contribution in [2.24, 2.45) is 0 Å². The van der Waals surface area contributed by atoms with E-state index in [4.69, 9.17) is 0 Å². The van der Waals surface area contributed by atoms with Crippen LogP contribution in [0.25, 0.3) is 10.8 Å². The molecule has 0 saturated carbocycles. The van der Waals surface area contributed by atoms with Gasteiger partial charge in [0.05, 0.1) is 0 Å². The molecular weight excluding hydrogens is 304 g/mol. The van der Waals surface area contributed by atoms with Crippen LogP contribution < -0.4 is 0 Å². The van der Waals surface area contributed by atoms with Crippen molar-refractivity contribution in [3.8, 4) is 0 Å². The smallest absolute Gasteiger partial charge is 0.0265 e. The van der Waals surface area contributed by atoms with E-state index in [0.717, 1.165) is 4.47 Å². The monoisotopic (exact) mass is 314 g/mol. The van der Waals surface area contributed by atoms with Crippen LogP contribution in [0.4, 0.5) is 0 Å². The predicted molar refractivity (Wildman–Crippen MR) is 82.2 cm³/mol. The summed E-state index contributed by atoms with van der Waals surface area (Å²) in [6.45, 7) is 0. The minimum Gasteiger partial charge on any atom is -0.0894 e. The van der Waals surface area contributed by atoms with Crippen LogP contribution >= 0.6 is 27.7 Å². The van der Waals surface area contributed by atoms with E-state index in [2.05, 4.69) is 76.6 Å². The first kappa shape index (κ1) is 11.8. The van der Waals surface area contributed by atoms with Gasteiger partial charge in [-0.15, -0.1) is 0 Å². The van der Waals surface area contributed by atoms with Gasteiger partial charge in [-0.2, -0.15) is 0 Å². The third-order valence-electron chi connectivity index (χ3n) is 2.79. The van der Waals surface area contributed by atoms with E-state index in [1.54, 1.807) is 11.8 Å². The third kappa shape index (κ3) is 2.31. The summed E-state index contributed by atoms with van der Waals surface area (Å²) in [6.07, 6.45) is 0. The Bertz CT molecular complexity index is 672. The van der Waals surface area contributed by atoms with Crippen LogP contribution in [0.5, 0.6) is 0 Å². The molecule has 0 nitrogen and oxygen atoms in total. The van der Waals surface area contributed by atoms with Crippen LogP contribution in [-0.4, -0.2) is 0 Å². The Balaban J connectivity index is 2.12. The molecule has 0 aliphatic rings. The minimum atomic E-state index is 1.15. The summed E-state index contributed by atoms with van der Waals surface area (Å²) in [5.41, 5.74) is 0. The summed E-state index contributed by atoms with van der Waals surface area (Å²) in [6, 6.07) is 23.2. The summed E-state index contributed by atoms with van der Waals surface area (Å²) in [5, 5.41) is 2.55. The molecule has 3 rings (SSSR count). The molecule has 0 aliphatic carbocycles. The maximum absolute atomic E-state index is 3.65. The van der Waals surface area contributed by atoms with Gasteiger partial charge < -0.3 is 0 Å². The van der Waals surface area contributed by atoms with Crippen molar-refractivity contribution in [1.29, 1.82) is 0 Å². The molecule has 88 valence electrons. The molecule has 3 aromatic carbocycles. The van der Waals surface area contributed by atoms with Crippen molar-refractivity contribution >= 4 is 38.5 Å². The molecule has 18 heavy (non-hydrogen) atoms. The SMILES string of the molecule is Brc1cccc2cccc(Sc3ccccc3)c12. The summed E-state index contributed by atoms with van der Waals surface area (Å²) < 4.78 is 1.15. The predicted octanol–water partition coefficient (Wildman–Crippen LogP) is 5.75. The summed E-state index contributed by atoms with van der Waals surface area (Å²) in [4.78, 5) is 2.55. The topological polar surface area (TPSA) is 0 Å². The van der Waals surface area contributed by atoms with Gasteiger partial charge in [0.25, 0.3) is 0 Å². The molecule has 0 aromatic heterocycles. The zero-order chi connectivity index (χ0) is 12.4. The lowest BCUT2D eigenvalue weighted by molar-refractivity contribution is 1.43. The number of rotatable bonds is 2. The van der Waals surface area contributed by atoms with E-state index in [9.17, 15) is 0 Å². The average Bonchev–Trinajstić information content (AvgIpc) is 2.40. The number of hydrogen-bond acceptors (Lipinski definition) is 1. The molecular formula is C16H11BrS. The number of fused-ring (bicyclic) bond motifs is 1. The Morgan fingerprint density at radius 3 is 2.22 bits per heavy atom. The van der Waals surface area contributed by atoms with Crippen molar-refractivity contribution in [3.63, 3.8) is 0 Å². The number of hydrogen-bond donors (Lipinski definition) is 0. The molecule has 0 fully saturated rings. The molecule has 3 aromatic rings. The third-order valence-corrected chi connectivity index (χ3v) is 4.52. The lowest BCUT2D eigenvalue weighted by atomic mass is 10.1. The fourth-order valence-corrected chi connectivity index (χ4v) is 3.71. The van der Waals surface area contributed by atoms with Crippen molar-refractivity contribution in [2.75, 3.05) is 0 Å². The quantitative estimate of drug-likeness (QED) is 0.580. The van der Waals surface area contributed by atoms with Gasteiger partial charge in [-0.1, -0.05) is 70.2 Å². The van der Waals surface area contributed by atoms with Crippen molar-refractivity contribution in [1.82, 2.24) is 0 Å². The zero-order valence-electron chi connectivity index (χ0n) is 9.64. The Morgan fingerprint density at radius 1 is 0.722 bits per heavy atom. The van der Waals surface area contributed by atoms with Crippen molar-refractivity contribution in [2.45, 2.75) is 9.79 Å². The standard InChI is InChI=1S/C16H11BrS/c17-14-10-4-6-12-7-5-11-15(16(12)14)18-13-8-2-1-3-9-13/h1-11H. The fraction of sp³-hybridized carbons (Fsp3) is 0. The van der Waals surface area contributed by atoms with Gasteiger partial charge >= 0.3 is 0 Å². The molecule has 0 unspecified atom stereocenters. The highest BCUT2D eigenvalue weighted by Crippen LogP contribution is 2.36. The van der Waals surface area contributed by atoms with E-state index in [1.807, 2.05) is 6.07 Å². The number of halogens is 1. The lowest BCUT2D eigenvalue weighted by Gasteiger charge is -2.08. The highest BCUT2D eigenvalue weighted by atomic mass is 79.9. The first-order chi connectivity index (χ1) is 8.84. The van der Waals surface area contributed by atoms with Gasteiger partial charge in [0, 0.05) is 19.6 Å². The molecule has 0 N–H and O–H groups in total. The maximum Gasteiger partial charge on any atom is 0.0265 e. The van der Waals surface area contributed by atoms with Gasteiger partial charge in [0.15, 0.2) is 0 Å². The van der Waals surface area contributed by atoms with Crippen LogP contribution in [0.3, 0.4) is 0 Å². The van der Waals surface area contributed by atoms with E-state index in [0.29, 0.717) is 0 Å². The van der Waals surface area contributed by atoms with E-state index in [1.165, 1.54) is 20.6 Å². The molecule has 2 heteroatoms. The van der Waals surface area contributed by atoms with Crippen LogP contribution in [0.2, 0.25) is 0 Å².